The molecule has 3 rings (SSSR count). The smallest absolute Gasteiger partial charge is 0.303 e. The number of hydrogen-bond acceptors (Lipinski definition) is 3. The van der Waals surface area contributed by atoms with Gasteiger partial charge in [-0.1, -0.05) is 0 Å². The third-order valence-electron chi connectivity index (χ3n) is 4.17. The normalized spacial score (nSPS) is 18.9. The number of carbonyl (C=O) groups is 1. The lowest BCUT2D eigenvalue weighted by atomic mass is 9.85. The summed E-state index contributed by atoms with van der Waals surface area (Å²) in [6.07, 6.45) is 1.61. The van der Waals surface area contributed by atoms with Gasteiger partial charge in [-0.3, -0.25) is 4.79 Å². The first-order valence-electron chi connectivity index (χ1n) is 7.40. The highest BCUT2D eigenvalue weighted by Gasteiger charge is 2.39. The van der Waals surface area contributed by atoms with Crippen molar-refractivity contribution in [2.24, 2.45) is 5.92 Å². The van der Waals surface area contributed by atoms with Gasteiger partial charge < -0.3 is 14.6 Å². The molecule has 2 aliphatic rings. The van der Waals surface area contributed by atoms with Crippen molar-refractivity contribution in [2.75, 3.05) is 13.2 Å². The van der Waals surface area contributed by atoms with Crippen molar-refractivity contribution < 1.29 is 28.2 Å². The lowest BCUT2D eigenvalue weighted by molar-refractivity contribution is -0.137. The summed E-state index contributed by atoms with van der Waals surface area (Å²) in [6, 6.07) is 2.86. The molecule has 0 radical (unpaired) electrons. The fraction of sp³-hybridized carbons (Fsp3) is 0.562. The fourth-order valence-electron chi connectivity index (χ4n) is 3.01. The van der Waals surface area contributed by atoms with Crippen molar-refractivity contribution in [1.82, 2.24) is 0 Å². The molecule has 1 aliphatic heterocycles. The first-order chi connectivity index (χ1) is 10.4. The number of fused-ring (bicyclic) bond motifs is 1. The second-order valence-electron chi connectivity index (χ2n) is 6.01. The van der Waals surface area contributed by atoms with Crippen LogP contribution in [0, 0.1) is 5.92 Å². The first kappa shape index (κ1) is 15.1. The van der Waals surface area contributed by atoms with E-state index in [1.807, 2.05) is 0 Å². The molecular weight excluding hydrogens is 294 g/mol. The summed E-state index contributed by atoms with van der Waals surface area (Å²) < 4.78 is 38.9. The summed E-state index contributed by atoms with van der Waals surface area (Å²) in [4.78, 5) is 11.1. The molecule has 1 fully saturated rings. The van der Waals surface area contributed by atoms with Crippen molar-refractivity contribution in [3.8, 4) is 11.5 Å². The van der Waals surface area contributed by atoms with E-state index < -0.39 is 17.8 Å². The minimum atomic E-state index is -3.06. The third kappa shape index (κ3) is 3.00. The maximum Gasteiger partial charge on any atom is 0.303 e. The molecule has 1 aromatic rings. The molecule has 0 amide bonds. The van der Waals surface area contributed by atoms with Crippen molar-refractivity contribution in [3.05, 3.63) is 23.3 Å². The fourth-order valence-corrected chi connectivity index (χ4v) is 3.01. The summed E-state index contributed by atoms with van der Waals surface area (Å²) in [5, 5.41) is 9.11. The maximum atomic E-state index is 14.0. The van der Waals surface area contributed by atoms with E-state index >= 15 is 0 Å². The van der Waals surface area contributed by atoms with Gasteiger partial charge in [0, 0.05) is 12.5 Å². The van der Waals surface area contributed by atoms with Gasteiger partial charge in [-0.15, -0.1) is 0 Å². The third-order valence-corrected chi connectivity index (χ3v) is 4.17. The highest BCUT2D eigenvalue weighted by atomic mass is 19.3. The molecule has 1 aromatic carbocycles. The Balaban J connectivity index is 2.08. The Kier molecular flexibility index (Phi) is 3.70. The zero-order valence-corrected chi connectivity index (χ0v) is 12.3. The zero-order chi connectivity index (χ0) is 15.9. The van der Waals surface area contributed by atoms with E-state index in [1.54, 1.807) is 6.07 Å². The number of carboxylic acid groups (broad SMARTS) is 1. The lowest BCUT2D eigenvalue weighted by Crippen LogP contribution is -2.20. The minimum Gasteiger partial charge on any atom is -0.486 e. The zero-order valence-electron chi connectivity index (χ0n) is 12.3. The van der Waals surface area contributed by atoms with E-state index in [0.717, 1.165) is 19.8 Å². The van der Waals surface area contributed by atoms with E-state index in [9.17, 15) is 13.6 Å². The van der Waals surface area contributed by atoms with Gasteiger partial charge >= 0.3 is 5.97 Å². The second-order valence-corrected chi connectivity index (χ2v) is 6.01. The van der Waals surface area contributed by atoms with Gasteiger partial charge in [-0.05, 0) is 42.4 Å². The highest BCUT2D eigenvalue weighted by molar-refractivity contribution is 5.68. The van der Waals surface area contributed by atoms with Crippen molar-refractivity contribution in [3.63, 3.8) is 0 Å². The molecule has 1 N–H and O–H groups in total. The Morgan fingerprint density at radius 1 is 1.32 bits per heavy atom. The van der Waals surface area contributed by atoms with Crippen LogP contribution in [0.2, 0.25) is 0 Å². The number of alkyl halides is 2. The van der Waals surface area contributed by atoms with Crippen LogP contribution < -0.4 is 9.47 Å². The Morgan fingerprint density at radius 3 is 2.41 bits per heavy atom. The van der Waals surface area contributed by atoms with Crippen LogP contribution in [0.3, 0.4) is 0 Å². The summed E-state index contributed by atoms with van der Waals surface area (Å²) in [6.45, 7) is 1.51. The van der Waals surface area contributed by atoms with E-state index in [1.165, 1.54) is 6.07 Å². The maximum absolute atomic E-state index is 14.0. The largest absolute Gasteiger partial charge is 0.486 e. The molecule has 6 heteroatoms. The van der Waals surface area contributed by atoms with Crippen LogP contribution in [-0.4, -0.2) is 24.3 Å². The van der Waals surface area contributed by atoms with Gasteiger partial charge in [0.25, 0.3) is 5.92 Å². The summed E-state index contributed by atoms with van der Waals surface area (Å²) in [7, 11) is 0. The summed E-state index contributed by atoms with van der Waals surface area (Å²) in [5.41, 5.74) is 0.219. The van der Waals surface area contributed by atoms with Gasteiger partial charge in [-0.25, -0.2) is 8.78 Å². The number of rotatable bonds is 5. The van der Waals surface area contributed by atoms with E-state index in [4.69, 9.17) is 14.6 Å². The average molecular weight is 312 g/mol. The number of halogens is 2. The number of benzene rings is 1. The predicted octanol–water partition coefficient (Wildman–Crippen LogP) is 3.54. The van der Waals surface area contributed by atoms with Crippen LogP contribution in [0.1, 0.15) is 43.2 Å². The van der Waals surface area contributed by atoms with Gasteiger partial charge in [0.05, 0.1) is 6.42 Å². The molecule has 22 heavy (non-hydrogen) atoms. The molecule has 1 atom stereocenters. The standard InChI is InChI=1S/C16H18F2O4/c1-16(17,18)12-8-14-13(21-4-5-22-14)6-11(12)10(7-15(19)20)9-2-3-9/h6,8-10H,2-5,7H2,1H3,(H,19,20). The quantitative estimate of drug-likeness (QED) is 0.903. The number of hydrogen-bond donors (Lipinski definition) is 1. The SMILES string of the molecule is CC(F)(F)c1cc2c(cc1C(CC(=O)O)C1CC1)OCCO2. The molecule has 0 bridgehead atoms. The van der Waals surface area contributed by atoms with Crippen LogP contribution in [0.4, 0.5) is 8.78 Å². The van der Waals surface area contributed by atoms with Crippen molar-refractivity contribution in [2.45, 2.75) is 38.0 Å². The first-order valence-corrected chi connectivity index (χ1v) is 7.40. The highest BCUT2D eigenvalue weighted by Crippen LogP contribution is 2.50. The lowest BCUT2D eigenvalue weighted by Gasteiger charge is -2.26. The van der Waals surface area contributed by atoms with Crippen LogP contribution in [0.15, 0.2) is 12.1 Å². The number of aliphatic carboxylic acids is 1. The summed E-state index contributed by atoms with van der Waals surface area (Å²) in [5.74, 6) is -3.57. The topological polar surface area (TPSA) is 55.8 Å². The molecule has 0 aromatic heterocycles. The second kappa shape index (κ2) is 5.41. The van der Waals surface area contributed by atoms with Crippen LogP contribution in [0.5, 0.6) is 11.5 Å². The number of ether oxygens (including phenoxy) is 2. The Labute approximate surface area is 127 Å². The molecule has 4 nitrogen and oxygen atoms in total. The Morgan fingerprint density at radius 2 is 1.91 bits per heavy atom. The Bertz CT molecular complexity index is 591. The molecule has 0 spiro atoms. The Hall–Kier alpha value is -1.85. The molecular formula is C16H18F2O4. The van der Waals surface area contributed by atoms with Gasteiger partial charge in [0.1, 0.15) is 13.2 Å². The molecule has 1 aliphatic carbocycles. The van der Waals surface area contributed by atoms with E-state index in [-0.39, 0.29) is 17.9 Å². The molecule has 120 valence electrons. The van der Waals surface area contributed by atoms with E-state index in [2.05, 4.69) is 0 Å². The molecule has 1 unspecified atom stereocenters. The van der Waals surface area contributed by atoms with Crippen LogP contribution in [0.25, 0.3) is 0 Å². The van der Waals surface area contributed by atoms with Crippen LogP contribution >= 0.6 is 0 Å². The van der Waals surface area contributed by atoms with Crippen LogP contribution in [-0.2, 0) is 10.7 Å². The van der Waals surface area contributed by atoms with Crippen molar-refractivity contribution >= 4 is 5.97 Å². The number of carboxylic acids is 1. The van der Waals surface area contributed by atoms with Gasteiger partial charge in [0.15, 0.2) is 11.5 Å². The van der Waals surface area contributed by atoms with Crippen molar-refractivity contribution in [1.29, 1.82) is 0 Å². The average Bonchev–Trinajstić information content (AvgIpc) is 3.26. The minimum absolute atomic E-state index is 0.145. The summed E-state index contributed by atoms with van der Waals surface area (Å²) >= 11 is 0. The molecule has 1 saturated carbocycles. The van der Waals surface area contributed by atoms with E-state index in [0.29, 0.717) is 30.3 Å². The van der Waals surface area contributed by atoms with Gasteiger partial charge in [0.2, 0.25) is 0 Å². The van der Waals surface area contributed by atoms with Gasteiger partial charge in [-0.2, -0.15) is 0 Å². The molecule has 0 saturated heterocycles. The monoisotopic (exact) mass is 312 g/mol. The molecule has 1 heterocycles. The predicted molar refractivity (Wildman–Crippen MR) is 74.7 cm³/mol.